The van der Waals surface area contributed by atoms with Crippen molar-refractivity contribution in [1.29, 1.82) is 0 Å². The molecule has 3 unspecified atom stereocenters. The molecule has 90 valence electrons. The van der Waals surface area contributed by atoms with Gasteiger partial charge in [-0.25, -0.2) is 0 Å². The van der Waals surface area contributed by atoms with Gasteiger partial charge in [0.05, 0.1) is 0 Å². The van der Waals surface area contributed by atoms with Crippen molar-refractivity contribution in [2.45, 2.75) is 39.7 Å². The third-order valence-corrected chi connectivity index (χ3v) is 2.91. The summed E-state index contributed by atoms with van der Waals surface area (Å²) in [5, 5.41) is 11.8. The maximum absolute atomic E-state index is 11.6. The Morgan fingerprint density at radius 2 is 2.07 bits per heavy atom. The van der Waals surface area contributed by atoms with Gasteiger partial charge in [-0.05, 0) is 25.3 Å². The van der Waals surface area contributed by atoms with E-state index in [1.807, 2.05) is 20.8 Å². The minimum absolute atomic E-state index is 0.0118. The lowest BCUT2D eigenvalue weighted by Gasteiger charge is -2.20. The van der Waals surface area contributed by atoms with Gasteiger partial charge < -0.3 is 16.2 Å². The summed E-state index contributed by atoms with van der Waals surface area (Å²) in [7, 11) is 0. The monoisotopic (exact) mass is 216 g/mol. The van der Waals surface area contributed by atoms with Crippen LogP contribution >= 0.6 is 0 Å². The van der Waals surface area contributed by atoms with Gasteiger partial charge in [0.1, 0.15) is 0 Å². The summed E-state index contributed by atoms with van der Waals surface area (Å²) in [6, 6.07) is 0.0118. The van der Waals surface area contributed by atoms with Crippen LogP contribution < -0.4 is 11.1 Å². The number of aliphatic hydroxyl groups is 1. The SMILES string of the molecule is CCC(CN)CC(=O)NC(C)C(C)CO. The first-order chi connectivity index (χ1) is 7.04. The first-order valence-electron chi connectivity index (χ1n) is 5.65. The molecule has 0 spiro atoms. The molecular weight excluding hydrogens is 192 g/mol. The second-order valence-electron chi connectivity index (χ2n) is 4.23. The normalized spacial score (nSPS) is 16.9. The minimum Gasteiger partial charge on any atom is -0.396 e. The zero-order valence-electron chi connectivity index (χ0n) is 9.99. The predicted molar refractivity (Wildman–Crippen MR) is 61.3 cm³/mol. The Hall–Kier alpha value is -0.610. The molecular formula is C11H24N2O2. The van der Waals surface area contributed by atoms with Crippen LogP contribution in [0.1, 0.15) is 33.6 Å². The molecule has 4 heteroatoms. The third-order valence-electron chi connectivity index (χ3n) is 2.91. The number of hydrogen-bond donors (Lipinski definition) is 3. The molecule has 4 N–H and O–H groups in total. The molecule has 1 amide bonds. The molecule has 0 aromatic rings. The van der Waals surface area contributed by atoms with Gasteiger partial charge in [0.2, 0.25) is 5.91 Å². The van der Waals surface area contributed by atoms with E-state index in [0.717, 1.165) is 6.42 Å². The van der Waals surface area contributed by atoms with E-state index in [0.29, 0.717) is 13.0 Å². The van der Waals surface area contributed by atoms with E-state index < -0.39 is 0 Å². The van der Waals surface area contributed by atoms with Crippen molar-refractivity contribution >= 4 is 5.91 Å². The fourth-order valence-corrected chi connectivity index (χ4v) is 1.27. The Labute approximate surface area is 92.2 Å². The molecule has 4 nitrogen and oxygen atoms in total. The molecule has 0 fully saturated rings. The lowest BCUT2D eigenvalue weighted by Crippen LogP contribution is -2.39. The van der Waals surface area contributed by atoms with Crippen LogP contribution in [0.4, 0.5) is 0 Å². The average Bonchev–Trinajstić information content (AvgIpc) is 2.24. The summed E-state index contributed by atoms with van der Waals surface area (Å²) in [5.74, 6) is 0.383. The molecule has 0 aromatic heterocycles. The molecule has 0 radical (unpaired) electrons. The lowest BCUT2D eigenvalue weighted by molar-refractivity contribution is -0.123. The highest BCUT2D eigenvalue weighted by Gasteiger charge is 2.16. The molecule has 0 rings (SSSR count). The molecule has 0 aromatic carbocycles. The van der Waals surface area contributed by atoms with E-state index >= 15 is 0 Å². The van der Waals surface area contributed by atoms with Gasteiger partial charge in [0, 0.05) is 19.1 Å². The van der Waals surface area contributed by atoms with Crippen molar-refractivity contribution in [3.05, 3.63) is 0 Å². The zero-order valence-corrected chi connectivity index (χ0v) is 9.99. The highest BCUT2D eigenvalue weighted by molar-refractivity contribution is 5.76. The summed E-state index contributed by atoms with van der Waals surface area (Å²) in [6.07, 6.45) is 1.41. The summed E-state index contributed by atoms with van der Waals surface area (Å²) in [5.41, 5.74) is 5.53. The number of nitrogens with one attached hydrogen (secondary N) is 1. The van der Waals surface area contributed by atoms with Crippen LogP contribution in [-0.2, 0) is 4.79 Å². The molecule has 0 aliphatic carbocycles. The number of hydrogen-bond acceptors (Lipinski definition) is 3. The fraction of sp³-hybridized carbons (Fsp3) is 0.909. The van der Waals surface area contributed by atoms with E-state index in [9.17, 15) is 4.79 Å². The van der Waals surface area contributed by atoms with Crippen LogP contribution in [0, 0.1) is 11.8 Å². The number of aliphatic hydroxyl groups excluding tert-OH is 1. The second-order valence-corrected chi connectivity index (χ2v) is 4.23. The topological polar surface area (TPSA) is 75.4 Å². The van der Waals surface area contributed by atoms with Crippen LogP contribution in [0.2, 0.25) is 0 Å². The molecule has 0 saturated carbocycles. The van der Waals surface area contributed by atoms with Crippen molar-refractivity contribution in [2.75, 3.05) is 13.2 Å². The molecule has 0 saturated heterocycles. The smallest absolute Gasteiger partial charge is 0.220 e. The Kier molecular flexibility index (Phi) is 7.34. The Bertz CT molecular complexity index is 181. The van der Waals surface area contributed by atoms with Gasteiger partial charge in [0.25, 0.3) is 0 Å². The van der Waals surface area contributed by atoms with Gasteiger partial charge >= 0.3 is 0 Å². The highest BCUT2D eigenvalue weighted by atomic mass is 16.3. The van der Waals surface area contributed by atoms with Crippen molar-refractivity contribution in [1.82, 2.24) is 5.32 Å². The van der Waals surface area contributed by atoms with Crippen LogP contribution in [0.5, 0.6) is 0 Å². The zero-order chi connectivity index (χ0) is 11.8. The highest BCUT2D eigenvalue weighted by Crippen LogP contribution is 2.07. The molecule has 0 aliphatic rings. The number of carbonyl (C=O) groups is 1. The Balaban J connectivity index is 3.92. The summed E-state index contributed by atoms with van der Waals surface area (Å²) in [4.78, 5) is 11.6. The molecule has 0 bridgehead atoms. The number of rotatable bonds is 7. The van der Waals surface area contributed by atoms with Gasteiger partial charge in [-0.3, -0.25) is 4.79 Å². The van der Waals surface area contributed by atoms with Gasteiger partial charge in [0.15, 0.2) is 0 Å². The van der Waals surface area contributed by atoms with Crippen molar-refractivity contribution < 1.29 is 9.90 Å². The van der Waals surface area contributed by atoms with Crippen LogP contribution in [0.3, 0.4) is 0 Å². The lowest BCUT2D eigenvalue weighted by atomic mass is 10.0. The van der Waals surface area contributed by atoms with E-state index in [4.69, 9.17) is 10.8 Å². The quantitative estimate of drug-likeness (QED) is 0.580. The van der Waals surface area contributed by atoms with E-state index in [1.165, 1.54) is 0 Å². The summed E-state index contributed by atoms with van der Waals surface area (Å²) >= 11 is 0. The van der Waals surface area contributed by atoms with Crippen LogP contribution in [0.25, 0.3) is 0 Å². The maximum atomic E-state index is 11.6. The van der Waals surface area contributed by atoms with E-state index in [2.05, 4.69) is 5.32 Å². The minimum atomic E-state index is 0.0118. The van der Waals surface area contributed by atoms with Crippen molar-refractivity contribution in [2.24, 2.45) is 17.6 Å². The van der Waals surface area contributed by atoms with Crippen LogP contribution in [-0.4, -0.2) is 30.2 Å². The van der Waals surface area contributed by atoms with Gasteiger partial charge in [-0.1, -0.05) is 20.3 Å². The fourth-order valence-electron chi connectivity index (χ4n) is 1.27. The molecule has 3 atom stereocenters. The molecule has 15 heavy (non-hydrogen) atoms. The largest absolute Gasteiger partial charge is 0.396 e. The van der Waals surface area contributed by atoms with Crippen LogP contribution in [0.15, 0.2) is 0 Å². The van der Waals surface area contributed by atoms with Gasteiger partial charge in [-0.2, -0.15) is 0 Å². The number of carbonyl (C=O) groups excluding carboxylic acids is 1. The Morgan fingerprint density at radius 1 is 1.47 bits per heavy atom. The number of nitrogens with two attached hydrogens (primary N) is 1. The predicted octanol–water partition coefficient (Wildman–Crippen LogP) is 0.495. The summed E-state index contributed by atoms with van der Waals surface area (Å²) < 4.78 is 0. The first kappa shape index (κ1) is 14.4. The first-order valence-corrected chi connectivity index (χ1v) is 5.65. The number of amides is 1. The van der Waals surface area contributed by atoms with Gasteiger partial charge in [-0.15, -0.1) is 0 Å². The molecule has 0 heterocycles. The van der Waals surface area contributed by atoms with E-state index in [-0.39, 0.29) is 30.4 Å². The maximum Gasteiger partial charge on any atom is 0.220 e. The second kappa shape index (κ2) is 7.65. The third kappa shape index (κ3) is 5.74. The van der Waals surface area contributed by atoms with Crippen molar-refractivity contribution in [3.8, 4) is 0 Å². The van der Waals surface area contributed by atoms with E-state index in [1.54, 1.807) is 0 Å². The standard InChI is InChI=1S/C11H24N2O2/c1-4-10(6-12)5-11(15)13-9(3)8(2)7-14/h8-10,14H,4-7,12H2,1-3H3,(H,13,15). The summed E-state index contributed by atoms with van der Waals surface area (Å²) in [6.45, 7) is 6.49. The van der Waals surface area contributed by atoms with Crippen molar-refractivity contribution in [3.63, 3.8) is 0 Å². The molecule has 0 aliphatic heterocycles. The Morgan fingerprint density at radius 3 is 2.47 bits per heavy atom. The average molecular weight is 216 g/mol.